The molecular formula is C21H20O11. The van der Waals surface area contributed by atoms with Crippen molar-refractivity contribution in [2.24, 2.45) is 0 Å². The van der Waals surface area contributed by atoms with Crippen LogP contribution in [0.5, 0.6) is 23.0 Å². The Morgan fingerprint density at radius 1 is 1.00 bits per heavy atom. The molecule has 0 saturated carbocycles. The summed E-state index contributed by atoms with van der Waals surface area (Å²) in [5.74, 6) is -1.37. The van der Waals surface area contributed by atoms with Crippen LogP contribution in [0.2, 0.25) is 0 Å². The van der Waals surface area contributed by atoms with Gasteiger partial charge in [0.25, 0.3) is 0 Å². The maximum Gasteiger partial charge on any atom is 0.229 e. The standard InChI is InChI=1S/C21H20O11/c22-6-14(26)20-18(28)19(29)21(32-20)31-9-4-13(25)16-15(5-9)30-7-10(17(16)27)8-1-2-11(23)12(24)3-8/h1-5,7,14,18-26,28-29H,6H2/t14-,18-,19-,20-,21-/m1/s1. The molecule has 0 amide bonds. The van der Waals surface area contributed by atoms with E-state index >= 15 is 0 Å². The molecule has 11 heteroatoms. The topological polar surface area (TPSA) is 190 Å². The average Bonchev–Trinajstić information content (AvgIpc) is 3.03. The lowest BCUT2D eigenvalue weighted by Gasteiger charge is -2.19. The third-order valence-corrected chi connectivity index (χ3v) is 5.19. The molecule has 1 fully saturated rings. The van der Waals surface area contributed by atoms with Crippen LogP contribution in [0.25, 0.3) is 22.1 Å². The zero-order valence-corrected chi connectivity index (χ0v) is 16.3. The molecule has 1 aliphatic heterocycles. The second-order valence-corrected chi connectivity index (χ2v) is 7.32. The number of phenols is 3. The quantitative estimate of drug-likeness (QED) is 0.255. The van der Waals surface area contributed by atoms with Gasteiger partial charge in [-0.05, 0) is 17.7 Å². The van der Waals surface area contributed by atoms with Gasteiger partial charge in [0, 0.05) is 12.1 Å². The normalized spacial score (nSPS) is 24.0. The van der Waals surface area contributed by atoms with Crippen LogP contribution in [-0.2, 0) is 4.74 Å². The Bertz CT molecular complexity index is 1200. The van der Waals surface area contributed by atoms with Crippen LogP contribution in [0.4, 0.5) is 0 Å². The molecule has 11 nitrogen and oxygen atoms in total. The van der Waals surface area contributed by atoms with E-state index in [1.54, 1.807) is 0 Å². The molecule has 2 aromatic carbocycles. The van der Waals surface area contributed by atoms with E-state index in [2.05, 4.69) is 0 Å². The van der Waals surface area contributed by atoms with Crippen molar-refractivity contribution in [1.29, 1.82) is 0 Å². The molecule has 1 aromatic heterocycles. The number of hydrogen-bond acceptors (Lipinski definition) is 11. The number of aliphatic hydroxyl groups is 4. The van der Waals surface area contributed by atoms with Crippen molar-refractivity contribution in [3.05, 3.63) is 46.8 Å². The van der Waals surface area contributed by atoms with E-state index in [1.165, 1.54) is 24.3 Å². The highest BCUT2D eigenvalue weighted by Gasteiger charge is 2.47. The molecule has 32 heavy (non-hydrogen) atoms. The van der Waals surface area contributed by atoms with Gasteiger partial charge in [-0.3, -0.25) is 4.79 Å². The van der Waals surface area contributed by atoms with E-state index in [0.717, 1.165) is 12.3 Å². The second-order valence-electron chi connectivity index (χ2n) is 7.32. The number of aliphatic hydroxyl groups excluding tert-OH is 4. The lowest BCUT2D eigenvalue weighted by Crippen LogP contribution is -2.40. The first-order chi connectivity index (χ1) is 15.2. The fraction of sp³-hybridized carbons (Fsp3) is 0.286. The minimum absolute atomic E-state index is 0.0234. The average molecular weight is 448 g/mol. The molecule has 0 unspecified atom stereocenters. The molecule has 0 aliphatic carbocycles. The van der Waals surface area contributed by atoms with Crippen molar-refractivity contribution >= 4 is 11.0 Å². The molecule has 1 saturated heterocycles. The molecule has 3 aromatic rings. The molecule has 0 spiro atoms. The Morgan fingerprint density at radius 3 is 2.44 bits per heavy atom. The maximum atomic E-state index is 12.9. The van der Waals surface area contributed by atoms with Crippen LogP contribution in [0.15, 0.2) is 45.8 Å². The Labute approximate surface area is 179 Å². The summed E-state index contributed by atoms with van der Waals surface area (Å²) in [7, 11) is 0. The van der Waals surface area contributed by atoms with E-state index in [9.17, 15) is 35.4 Å². The van der Waals surface area contributed by atoms with E-state index < -0.39 is 54.2 Å². The maximum absolute atomic E-state index is 12.9. The number of fused-ring (bicyclic) bond motifs is 1. The molecular weight excluding hydrogens is 428 g/mol. The number of rotatable bonds is 5. The van der Waals surface area contributed by atoms with Crippen molar-refractivity contribution in [2.45, 2.75) is 30.7 Å². The minimum Gasteiger partial charge on any atom is -0.507 e. The van der Waals surface area contributed by atoms with Gasteiger partial charge in [-0.25, -0.2) is 0 Å². The summed E-state index contributed by atoms with van der Waals surface area (Å²) in [6.07, 6.45) is -6.16. The molecule has 4 rings (SSSR count). The summed E-state index contributed by atoms with van der Waals surface area (Å²) >= 11 is 0. The third kappa shape index (κ3) is 3.72. The van der Waals surface area contributed by atoms with Gasteiger partial charge in [-0.1, -0.05) is 6.07 Å². The zero-order valence-electron chi connectivity index (χ0n) is 16.3. The van der Waals surface area contributed by atoms with Gasteiger partial charge in [0.2, 0.25) is 11.7 Å². The van der Waals surface area contributed by atoms with E-state index in [1.807, 2.05) is 0 Å². The van der Waals surface area contributed by atoms with Crippen LogP contribution in [-0.4, -0.2) is 73.1 Å². The van der Waals surface area contributed by atoms with Crippen molar-refractivity contribution < 1.29 is 49.6 Å². The largest absolute Gasteiger partial charge is 0.507 e. The Kier molecular flexibility index (Phi) is 5.67. The minimum atomic E-state index is -1.56. The fourth-order valence-corrected chi connectivity index (χ4v) is 3.49. The second kappa shape index (κ2) is 8.30. The van der Waals surface area contributed by atoms with Crippen molar-refractivity contribution in [3.63, 3.8) is 0 Å². The molecule has 1 aliphatic rings. The van der Waals surface area contributed by atoms with Crippen LogP contribution in [0.1, 0.15) is 0 Å². The van der Waals surface area contributed by atoms with E-state index in [4.69, 9.17) is 19.0 Å². The van der Waals surface area contributed by atoms with Crippen LogP contribution in [0.3, 0.4) is 0 Å². The van der Waals surface area contributed by atoms with Crippen molar-refractivity contribution in [2.75, 3.05) is 6.61 Å². The lowest BCUT2D eigenvalue weighted by molar-refractivity contribution is -0.137. The number of phenolic OH excluding ortho intramolecular Hbond substituents is 3. The highest BCUT2D eigenvalue weighted by molar-refractivity contribution is 5.88. The van der Waals surface area contributed by atoms with Crippen LogP contribution < -0.4 is 10.2 Å². The van der Waals surface area contributed by atoms with Gasteiger partial charge < -0.3 is 49.6 Å². The van der Waals surface area contributed by atoms with E-state index in [0.29, 0.717) is 0 Å². The fourth-order valence-electron chi connectivity index (χ4n) is 3.49. The Hall–Kier alpha value is -3.35. The van der Waals surface area contributed by atoms with Gasteiger partial charge >= 0.3 is 0 Å². The van der Waals surface area contributed by atoms with Crippen molar-refractivity contribution in [1.82, 2.24) is 0 Å². The number of benzene rings is 2. The predicted molar refractivity (Wildman–Crippen MR) is 107 cm³/mol. The summed E-state index contributed by atoms with van der Waals surface area (Å²) in [6, 6.07) is 6.10. The van der Waals surface area contributed by atoms with Gasteiger partial charge in [0.15, 0.2) is 11.5 Å². The zero-order chi connectivity index (χ0) is 23.2. The molecule has 7 N–H and O–H groups in total. The molecule has 2 heterocycles. The highest BCUT2D eigenvalue weighted by Crippen LogP contribution is 2.34. The summed E-state index contributed by atoms with van der Waals surface area (Å²) in [5.41, 5.74) is -0.397. The summed E-state index contributed by atoms with van der Waals surface area (Å²) in [4.78, 5) is 12.9. The SMILES string of the molecule is O=c1c(-c2ccc(O)c(O)c2)coc2cc(O[C@@H]3O[C@H]([C@H](O)CO)[C@H](O)[C@H]3O)cc(O)c12. The summed E-state index contributed by atoms with van der Waals surface area (Å²) < 4.78 is 16.2. The smallest absolute Gasteiger partial charge is 0.229 e. The first kappa shape index (κ1) is 21.9. The van der Waals surface area contributed by atoms with Crippen LogP contribution in [0, 0.1) is 0 Å². The molecule has 5 atom stereocenters. The molecule has 0 bridgehead atoms. The van der Waals surface area contributed by atoms with Gasteiger partial charge in [-0.2, -0.15) is 0 Å². The number of ether oxygens (including phenoxy) is 2. The molecule has 170 valence electrons. The first-order valence-corrected chi connectivity index (χ1v) is 9.49. The summed E-state index contributed by atoms with van der Waals surface area (Å²) in [5, 5.41) is 68.1. The number of aromatic hydroxyl groups is 3. The van der Waals surface area contributed by atoms with Gasteiger partial charge in [0.05, 0.1) is 12.2 Å². The van der Waals surface area contributed by atoms with E-state index in [-0.39, 0.29) is 33.6 Å². The number of hydrogen-bond donors (Lipinski definition) is 7. The first-order valence-electron chi connectivity index (χ1n) is 9.49. The van der Waals surface area contributed by atoms with Gasteiger partial charge in [0.1, 0.15) is 53.1 Å². The Balaban J connectivity index is 1.66. The predicted octanol–water partition coefficient (Wildman–Crippen LogP) is -0.245. The Morgan fingerprint density at radius 2 is 1.75 bits per heavy atom. The third-order valence-electron chi connectivity index (χ3n) is 5.19. The molecule has 0 radical (unpaired) electrons. The monoisotopic (exact) mass is 448 g/mol. The lowest BCUT2D eigenvalue weighted by atomic mass is 10.0. The van der Waals surface area contributed by atoms with Gasteiger partial charge in [-0.15, -0.1) is 0 Å². The van der Waals surface area contributed by atoms with Crippen LogP contribution >= 0.6 is 0 Å². The van der Waals surface area contributed by atoms with Crippen molar-refractivity contribution in [3.8, 4) is 34.1 Å². The summed E-state index contributed by atoms with van der Waals surface area (Å²) in [6.45, 7) is -0.704. The highest BCUT2D eigenvalue weighted by atomic mass is 16.7.